The van der Waals surface area contributed by atoms with E-state index in [1.54, 1.807) is 0 Å². The Bertz CT molecular complexity index is 688. The van der Waals surface area contributed by atoms with Gasteiger partial charge in [0.2, 0.25) is 5.91 Å². The molecule has 6 N–H and O–H groups in total. The van der Waals surface area contributed by atoms with E-state index in [0.29, 0.717) is 6.08 Å². The number of nitrogens with two attached hydrogens (primary N) is 2. The van der Waals surface area contributed by atoms with Crippen molar-refractivity contribution in [3.8, 4) is 0 Å². The minimum atomic E-state index is -5.09. The van der Waals surface area contributed by atoms with E-state index in [1.165, 1.54) is 0 Å². The summed E-state index contributed by atoms with van der Waals surface area (Å²) in [6.07, 6.45) is -9.28. The summed E-state index contributed by atoms with van der Waals surface area (Å²) in [6.45, 7) is -0.904. The molecule has 0 bridgehead atoms. The molecule has 1 aliphatic rings. The van der Waals surface area contributed by atoms with Crippen LogP contribution in [0.25, 0.3) is 0 Å². The number of nitrogens with one attached hydrogen (secondary N) is 2. The van der Waals surface area contributed by atoms with E-state index < -0.39 is 66.4 Å². The fourth-order valence-corrected chi connectivity index (χ4v) is 2.07. The van der Waals surface area contributed by atoms with E-state index >= 15 is 0 Å². The Balaban J connectivity index is 3.15. The van der Waals surface area contributed by atoms with E-state index in [4.69, 9.17) is 22.3 Å². The molecule has 26 heavy (non-hydrogen) atoms. The predicted octanol–water partition coefficient (Wildman–Crippen LogP) is 2.26. The smallest absolute Gasteiger partial charge is 0.387 e. The molecule has 0 fully saturated rings. The first-order valence-electron chi connectivity index (χ1n) is 7.06. The monoisotopic (exact) mass is 383 g/mol. The van der Waals surface area contributed by atoms with Crippen molar-refractivity contribution < 1.29 is 31.1 Å². The Morgan fingerprint density at radius 2 is 1.69 bits per heavy atom. The van der Waals surface area contributed by atoms with Gasteiger partial charge in [0, 0.05) is 5.57 Å². The van der Waals surface area contributed by atoms with Crippen molar-refractivity contribution in [2.24, 2.45) is 22.4 Å². The lowest BCUT2D eigenvalue weighted by Crippen LogP contribution is -2.38. The number of carbonyl (C=O) groups excluding carboxylic acids is 1. The van der Waals surface area contributed by atoms with Crippen LogP contribution < -0.4 is 11.5 Å². The van der Waals surface area contributed by atoms with Gasteiger partial charge in [0.05, 0.1) is 12.3 Å². The van der Waals surface area contributed by atoms with Crippen LogP contribution in [-0.2, 0) is 4.79 Å². The zero-order valence-electron chi connectivity index (χ0n) is 13.1. The van der Waals surface area contributed by atoms with Gasteiger partial charge >= 0.3 is 12.4 Å². The largest absolute Gasteiger partial charge is 0.435 e. The molecule has 0 saturated heterocycles. The van der Waals surface area contributed by atoms with Crippen molar-refractivity contribution in [2.45, 2.75) is 25.2 Å². The lowest BCUT2D eigenvalue weighted by molar-refractivity contribution is -0.119. The maximum Gasteiger partial charge on any atom is 0.435 e. The van der Waals surface area contributed by atoms with Gasteiger partial charge in [0.25, 0.3) is 0 Å². The first kappa shape index (κ1) is 21.4. The predicted molar refractivity (Wildman–Crippen MR) is 82.1 cm³/mol. The number of aliphatic imine (C=N–C) groups is 1. The second-order valence-corrected chi connectivity index (χ2v) is 5.35. The molecular formula is C14H15F6N5O. The van der Waals surface area contributed by atoms with Gasteiger partial charge in [0.15, 0.2) is 5.71 Å². The first-order chi connectivity index (χ1) is 11.7. The third-order valence-electron chi connectivity index (χ3n) is 3.49. The number of amides is 1. The van der Waals surface area contributed by atoms with Crippen LogP contribution in [0.2, 0.25) is 0 Å². The standard InChI is InChI=1S/C14H15F6N5O/c15-13(16,17)7-3-1-6(2-4-7)9(21)10(14(18,19)20)25-5-8(11(22)23)12(24)26/h1,3,8,21H,2,4-5H2,(H3,22,23)(H2,24,26). The highest BCUT2D eigenvalue weighted by Crippen LogP contribution is 2.34. The van der Waals surface area contributed by atoms with E-state index in [-0.39, 0.29) is 5.57 Å². The van der Waals surface area contributed by atoms with Crippen molar-refractivity contribution in [1.82, 2.24) is 0 Å². The summed E-state index contributed by atoms with van der Waals surface area (Å²) in [7, 11) is 0. The van der Waals surface area contributed by atoms with Gasteiger partial charge in [-0.1, -0.05) is 12.2 Å². The highest BCUT2D eigenvalue weighted by molar-refractivity contribution is 6.49. The van der Waals surface area contributed by atoms with Crippen molar-refractivity contribution in [3.63, 3.8) is 0 Å². The number of halogens is 6. The Morgan fingerprint density at radius 1 is 1.12 bits per heavy atom. The second kappa shape index (κ2) is 7.70. The van der Waals surface area contributed by atoms with E-state index in [1.807, 2.05) is 0 Å². The number of hydrogen-bond donors (Lipinski definition) is 4. The Hall–Kier alpha value is -2.66. The van der Waals surface area contributed by atoms with E-state index in [2.05, 4.69) is 4.99 Å². The number of rotatable bonds is 6. The molecule has 12 heteroatoms. The van der Waals surface area contributed by atoms with Crippen molar-refractivity contribution in [3.05, 3.63) is 23.3 Å². The molecule has 1 atom stereocenters. The molecule has 0 spiro atoms. The normalized spacial score (nSPS) is 17.2. The zero-order chi connectivity index (χ0) is 20.3. The number of hydrogen-bond acceptors (Lipinski definition) is 4. The average molecular weight is 383 g/mol. The molecule has 0 heterocycles. The van der Waals surface area contributed by atoms with Crippen molar-refractivity contribution in [1.29, 1.82) is 10.8 Å². The van der Waals surface area contributed by atoms with Gasteiger partial charge in [-0.05, 0) is 18.4 Å². The minimum absolute atomic E-state index is 0.285. The summed E-state index contributed by atoms with van der Waals surface area (Å²) in [4.78, 5) is 14.2. The molecule has 0 aromatic rings. The molecule has 1 unspecified atom stereocenters. The van der Waals surface area contributed by atoms with Crippen molar-refractivity contribution >= 4 is 23.2 Å². The third kappa shape index (κ3) is 5.43. The molecular weight excluding hydrogens is 368 g/mol. The van der Waals surface area contributed by atoms with Crippen LogP contribution in [-0.4, -0.2) is 42.1 Å². The first-order valence-corrected chi connectivity index (χ1v) is 7.06. The van der Waals surface area contributed by atoms with Gasteiger partial charge < -0.3 is 11.5 Å². The zero-order valence-corrected chi connectivity index (χ0v) is 13.1. The molecule has 1 rings (SSSR count). The lowest BCUT2D eigenvalue weighted by Gasteiger charge is -2.19. The molecule has 0 aliphatic heterocycles. The molecule has 1 amide bonds. The summed E-state index contributed by atoms with van der Waals surface area (Å²) in [5.74, 6) is -3.54. The fourth-order valence-electron chi connectivity index (χ4n) is 2.07. The maximum atomic E-state index is 13.1. The summed E-state index contributed by atoms with van der Waals surface area (Å²) in [5, 5.41) is 14.8. The van der Waals surface area contributed by atoms with Gasteiger partial charge in [-0.15, -0.1) is 0 Å². The van der Waals surface area contributed by atoms with Crippen LogP contribution in [0, 0.1) is 16.7 Å². The van der Waals surface area contributed by atoms with Gasteiger partial charge in [0.1, 0.15) is 11.8 Å². The Kier molecular flexibility index (Phi) is 6.34. The summed E-state index contributed by atoms with van der Waals surface area (Å²) in [6, 6.07) is 0. The molecule has 0 radical (unpaired) electrons. The summed E-state index contributed by atoms with van der Waals surface area (Å²) in [5.41, 5.74) is 5.99. The molecule has 144 valence electrons. The number of allylic oxidation sites excluding steroid dienone is 4. The van der Waals surface area contributed by atoms with Crippen LogP contribution in [0.1, 0.15) is 12.8 Å². The SMILES string of the molecule is N=C(C1=CC=C(C(F)(F)F)CC1)C(=NCC(C(=N)N)C(N)=O)C(F)(F)F. The quantitative estimate of drug-likeness (QED) is 0.319. The molecule has 6 nitrogen and oxygen atoms in total. The topological polar surface area (TPSA) is 129 Å². The summed E-state index contributed by atoms with van der Waals surface area (Å²) >= 11 is 0. The minimum Gasteiger partial charge on any atom is -0.387 e. The number of primary amides is 1. The third-order valence-corrected chi connectivity index (χ3v) is 3.49. The van der Waals surface area contributed by atoms with E-state index in [9.17, 15) is 31.1 Å². The lowest BCUT2D eigenvalue weighted by atomic mass is 9.92. The summed E-state index contributed by atoms with van der Waals surface area (Å²) < 4.78 is 77.1. The van der Waals surface area contributed by atoms with Crippen LogP contribution in [0.15, 0.2) is 28.3 Å². The second-order valence-electron chi connectivity index (χ2n) is 5.35. The van der Waals surface area contributed by atoms with Crippen LogP contribution in [0.5, 0.6) is 0 Å². The number of amidine groups is 1. The van der Waals surface area contributed by atoms with Crippen LogP contribution >= 0.6 is 0 Å². The molecule has 0 saturated carbocycles. The van der Waals surface area contributed by atoms with Gasteiger partial charge in [-0.2, -0.15) is 26.3 Å². The van der Waals surface area contributed by atoms with Crippen molar-refractivity contribution in [2.75, 3.05) is 6.54 Å². The van der Waals surface area contributed by atoms with E-state index in [0.717, 1.165) is 6.08 Å². The fraction of sp³-hybridized carbons (Fsp3) is 0.429. The highest BCUT2D eigenvalue weighted by Gasteiger charge is 2.41. The molecule has 0 aromatic carbocycles. The number of nitrogens with zero attached hydrogens (tertiary/aromatic N) is 1. The molecule has 1 aliphatic carbocycles. The number of alkyl halides is 6. The van der Waals surface area contributed by atoms with Crippen LogP contribution in [0.4, 0.5) is 26.3 Å². The Labute approximate surface area is 143 Å². The van der Waals surface area contributed by atoms with Crippen LogP contribution in [0.3, 0.4) is 0 Å². The molecule has 0 aromatic heterocycles. The van der Waals surface area contributed by atoms with Gasteiger partial charge in [-0.3, -0.25) is 20.6 Å². The maximum absolute atomic E-state index is 13.1. The number of carbonyl (C=O) groups is 1. The Morgan fingerprint density at radius 3 is 2.04 bits per heavy atom. The average Bonchev–Trinajstić information content (AvgIpc) is 2.48. The highest BCUT2D eigenvalue weighted by atomic mass is 19.4. The van der Waals surface area contributed by atoms with Gasteiger partial charge in [-0.25, -0.2) is 0 Å².